The smallest absolute Gasteiger partial charge is 0.311 e. The number of carboxylic acids is 1. The van der Waals surface area contributed by atoms with E-state index in [0.717, 1.165) is 6.42 Å². The highest BCUT2D eigenvalue weighted by molar-refractivity contribution is 9.10. The first-order chi connectivity index (χ1) is 9.91. The summed E-state index contributed by atoms with van der Waals surface area (Å²) in [4.78, 5) is 25.4. The van der Waals surface area contributed by atoms with Crippen LogP contribution in [0.2, 0.25) is 0 Å². The molecule has 1 heterocycles. The van der Waals surface area contributed by atoms with Crippen LogP contribution in [0, 0.1) is 11.2 Å². The molecule has 0 saturated carbocycles. The molecule has 1 aliphatic heterocycles. The fourth-order valence-corrected chi connectivity index (χ4v) is 3.38. The zero-order valence-corrected chi connectivity index (χ0v) is 13.3. The van der Waals surface area contributed by atoms with Crippen molar-refractivity contribution in [1.82, 2.24) is 4.90 Å². The minimum absolute atomic E-state index is 0.0322. The van der Waals surface area contributed by atoms with Gasteiger partial charge in [0.1, 0.15) is 5.82 Å². The first-order valence-corrected chi connectivity index (χ1v) is 7.67. The van der Waals surface area contributed by atoms with Crippen molar-refractivity contribution in [2.75, 3.05) is 13.1 Å². The molecule has 1 aromatic rings. The maximum Gasteiger partial charge on any atom is 0.311 e. The normalized spacial score (nSPS) is 21.6. The Labute approximate surface area is 131 Å². The van der Waals surface area contributed by atoms with E-state index < -0.39 is 23.1 Å². The van der Waals surface area contributed by atoms with Crippen LogP contribution in [-0.4, -0.2) is 35.0 Å². The van der Waals surface area contributed by atoms with E-state index in [2.05, 4.69) is 15.9 Å². The Morgan fingerprint density at radius 2 is 2.19 bits per heavy atom. The molecule has 1 aromatic carbocycles. The van der Waals surface area contributed by atoms with Crippen LogP contribution in [-0.2, 0) is 4.79 Å². The summed E-state index contributed by atoms with van der Waals surface area (Å²) in [6.45, 7) is 2.39. The lowest BCUT2D eigenvalue weighted by Gasteiger charge is -2.24. The highest BCUT2D eigenvalue weighted by atomic mass is 79.9. The molecule has 1 N–H and O–H groups in total. The first kappa shape index (κ1) is 15.9. The number of benzene rings is 1. The molecule has 0 aliphatic carbocycles. The summed E-state index contributed by atoms with van der Waals surface area (Å²) in [5.41, 5.74) is -0.933. The van der Waals surface area contributed by atoms with Gasteiger partial charge in [0.05, 0.1) is 11.0 Å². The van der Waals surface area contributed by atoms with Gasteiger partial charge in [0.2, 0.25) is 0 Å². The molecule has 1 fully saturated rings. The molecule has 1 saturated heterocycles. The van der Waals surface area contributed by atoms with Gasteiger partial charge in [0.15, 0.2) is 0 Å². The number of carbonyl (C=O) groups is 2. The number of carboxylic acid groups (broad SMARTS) is 1. The SMILES string of the molecule is CCCC1(C(=O)O)CCN(C(=O)c2c(F)cccc2Br)C1. The third-order valence-electron chi connectivity index (χ3n) is 4.00. The first-order valence-electron chi connectivity index (χ1n) is 6.88. The van der Waals surface area contributed by atoms with Gasteiger partial charge in [-0.3, -0.25) is 9.59 Å². The summed E-state index contributed by atoms with van der Waals surface area (Å²) in [7, 11) is 0. The highest BCUT2D eigenvalue weighted by Gasteiger charge is 2.45. The van der Waals surface area contributed by atoms with Crippen molar-refractivity contribution < 1.29 is 19.1 Å². The van der Waals surface area contributed by atoms with Crippen LogP contribution in [0.15, 0.2) is 22.7 Å². The molecular formula is C15H17BrFNO3. The van der Waals surface area contributed by atoms with E-state index in [-0.39, 0.29) is 12.1 Å². The fraction of sp³-hybridized carbons (Fsp3) is 0.467. The largest absolute Gasteiger partial charge is 0.481 e. The highest BCUT2D eigenvalue weighted by Crippen LogP contribution is 2.37. The average Bonchev–Trinajstić information content (AvgIpc) is 2.84. The van der Waals surface area contributed by atoms with Gasteiger partial charge in [-0.2, -0.15) is 0 Å². The second kappa shape index (κ2) is 6.13. The van der Waals surface area contributed by atoms with E-state index in [0.29, 0.717) is 23.9 Å². The van der Waals surface area contributed by atoms with Crippen LogP contribution in [0.25, 0.3) is 0 Å². The molecular weight excluding hydrogens is 341 g/mol. The number of amides is 1. The Morgan fingerprint density at radius 1 is 1.48 bits per heavy atom. The van der Waals surface area contributed by atoms with Crippen molar-refractivity contribution >= 4 is 27.8 Å². The molecule has 1 atom stereocenters. The molecule has 1 unspecified atom stereocenters. The molecule has 0 aromatic heterocycles. The lowest BCUT2D eigenvalue weighted by molar-refractivity contribution is -0.148. The number of rotatable bonds is 4. The Bertz CT molecular complexity index is 558. The van der Waals surface area contributed by atoms with E-state index in [4.69, 9.17) is 0 Å². The average molecular weight is 358 g/mol. The second-order valence-electron chi connectivity index (χ2n) is 5.41. The van der Waals surface area contributed by atoms with Gasteiger partial charge in [-0.15, -0.1) is 0 Å². The number of halogens is 2. The molecule has 2 rings (SSSR count). The molecule has 1 amide bonds. The quantitative estimate of drug-likeness (QED) is 0.899. The van der Waals surface area contributed by atoms with E-state index in [9.17, 15) is 19.1 Å². The monoisotopic (exact) mass is 357 g/mol. The fourth-order valence-electron chi connectivity index (χ4n) is 2.87. The Balaban J connectivity index is 2.25. The van der Waals surface area contributed by atoms with Crippen LogP contribution < -0.4 is 0 Å². The van der Waals surface area contributed by atoms with Gasteiger partial charge in [0, 0.05) is 17.6 Å². The predicted octanol–water partition coefficient (Wildman–Crippen LogP) is 3.31. The van der Waals surface area contributed by atoms with E-state index in [1.807, 2.05) is 6.92 Å². The number of aliphatic carboxylic acids is 1. The summed E-state index contributed by atoms with van der Waals surface area (Å²) in [5, 5.41) is 9.45. The molecule has 21 heavy (non-hydrogen) atoms. The van der Waals surface area contributed by atoms with Gasteiger partial charge < -0.3 is 10.0 Å². The van der Waals surface area contributed by atoms with Crippen LogP contribution in [0.5, 0.6) is 0 Å². The predicted molar refractivity (Wildman–Crippen MR) is 79.6 cm³/mol. The van der Waals surface area contributed by atoms with Crippen LogP contribution in [0.4, 0.5) is 4.39 Å². The number of hydrogen-bond acceptors (Lipinski definition) is 2. The standard InChI is InChI=1S/C15H17BrFNO3/c1-2-6-15(14(20)21)7-8-18(9-15)13(19)12-10(16)4-3-5-11(12)17/h3-5H,2,6-9H2,1H3,(H,20,21). The maximum absolute atomic E-state index is 13.9. The number of likely N-dealkylation sites (tertiary alicyclic amines) is 1. The summed E-state index contributed by atoms with van der Waals surface area (Å²) in [5.74, 6) is -1.94. The van der Waals surface area contributed by atoms with E-state index in [1.165, 1.54) is 17.0 Å². The molecule has 1 aliphatic rings. The third kappa shape index (κ3) is 2.95. The lowest BCUT2D eigenvalue weighted by Crippen LogP contribution is -2.37. The minimum Gasteiger partial charge on any atom is -0.481 e. The van der Waals surface area contributed by atoms with Crippen molar-refractivity contribution in [3.8, 4) is 0 Å². The minimum atomic E-state index is -0.901. The number of hydrogen-bond donors (Lipinski definition) is 1. The molecule has 114 valence electrons. The molecule has 0 spiro atoms. The Kier molecular flexibility index (Phi) is 4.66. The number of carbonyl (C=O) groups excluding carboxylic acids is 1. The van der Waals surface area contributed by atoms with Crippen molar-refractivity contribution in [2.45, 2.75) is 26.2 Å². The van der Waals surface area contributed by atoms with Crippen molar-refractivity contribution in [2.24, 2.45) is 5.41 Å². The van der Waals surface area contributed by atoms with E-state index in [1.54, 1.807) is 6.07 Å². The summed E-state index contributed by atoms with van der Waals surface area (Å²) >= 11 is 3.18. The van der Waals surface area contributed by atoms with Gasteiger partial charge in [0.25, 0.3) is 5.91 Å². The molecule has 0 radical (unpaired) electrons. The number of nitrogens with zero attached hydrogens (tertiary/aromatic N) is 1. The van der Waals surface area contributed by atoms with Gasteiger partial charge in [-0.1, -0.05) is 19.4 Å². The van der Waals surface area contributed by atoms with Gasteiger partial charge in [-0.25, -0.2) is 4.39 Å². The van der Waals surface area contributed by atoms with E-state index >= 15 is 0 Å². The van der Waals surface area contributed by atoms with Crippen molar-refractivity contribution in [3.05, 3.63) is 34.1 Å². The Hall–Kier alpha value is -1.43. The van der Waals surface area contributed by atoms with Crippen molar-refractivity contribution in [3.63, 3.8) is 0 Å². The summed E-state index contributed by atoms with van der Waals surface area (Å²) in [6.07, 6.45) is 1.66. The van der Waals surface area contributed by atoms with Crippen LogP contribution in [0.1, 0.15) is 36.5 Å². The molecule has 4 nitrogen and oxygen atoms in total. The topological polar surface area (TPSA) is 57.6 Å². The summed E-state index contributed by atoms with van der Waals surface area (Å²) in [6, 6.07) is 4.34. The summed E-state index contributed by atoms with van der Waals surface area (Å²) < 4.78 is 14.2. The maximum atomic E-state index is 13.9. The molecule has 6 heteroatoms. The van der Waals surface area contributed by atoms with Crippen molar-refractivity contribution in [1.29, 1.82) is 0 Å². The zero-order chi connectivity index (χ0) is 15.6. The van der Waals surface area contributed by atoms with Crippen LogP contribution >= 0.6 is 15.9 Å². The Morgan fingerprint density at radius 3 is 2.76 bits per heavy atom. The zero-order valence-electron chi connectivity index (χ0n) is 11.7. The van der Waals surface area contributed by atoms with Gasteiger partial charge in [-0.05, 0) is 40.9 Å². The van der Waals surface area contributed by atoms with Crippen LogP contribution in [0.3, 0.4) is 0 Å². The second-order valence-corrected chi connectivity index (χ2v) is 6.26. The van der Waals surface area contributed by atoms with Gasteiger partial charge >= 0.3 is 5.97 Å². The third-order valence-corrected chi connectivity index (χ3v) is 4.66. The molecule has 0 bridgehead atoms. The lowest BCUT2D eigenvalue weighted by atomic mass is 9.83.